The summed E-state index contributed by atoms with van der Waals surface area (Å²) in [6.45, 7) is 4.40. The maximum Gasteiger partial charge on any atom is 0.254 e. The molecular formula is C24H24N2O4. The van der Waals surface area contributed by atoms with E-state index in [4.69, 9.17) is 14.2 Å². The first-order valence-corrected chi connectivity index (χ1v) is 10.0. The van der Waals surface area contributed by atoms with Gasteiger partial charge in [-0.05, 0) is 24.6 Å². The summed E-state index contributed by atoms with van der Waals surface area (Å²) in [5, 5.41) is 0. The molecule has 2 heterocycles. The van der Waals surface area contributed by atoms with E-state index in [0.717, 1.165) is 22.6 Å². The predicted molar refractivity (Wildman–Crippen MR) is 113 cm³/mol. The molecule has 0 spiro atoms. The molecule has 1 aromatic heterocycles. The third-order valence-electron chi connectivity index (χ3n) is 4.89. The zero-order valence-corrected chi connectivity index (χ0v) is 16.9. The molecule has 6 heteroatoms. The van der Waals surface area contributed by atoms with Gasteiger partial charge in [0.05, 0.1) is 0 Å². The van der Waals surface area contributed by atoms with Crippen LogP contribution < -0.4 is 14.2 Å². The van der Waals surface area contributed by atoms with Crippen molar-refractivity contribution in [3.8, 4) is 17.4 Å². The second-order valence-electron chi connectivity index (χ2n) is 6.92. The number of hydrogen-bond donors (Lipinski definition) is 0. The van der Waals surface area contributed by atoms with Crippen molar-refractivity contribution in [3.05, 3.63) is 83.6 Å². The topological polar surface area (TPSA) is 60.9 Å². The average Bonchev–Trinajstić information content (AvgIpc) is 2.81. The quantitative estimate of drug-likeness (QED) is 0.594. The molecule has 0 N–H and O–H groups in total. The van der Waals surface area contributed by atoms with Crippen LogP contribution in [0.1, 0.15) is 28.4 Å². The molecule has 0 unspecified atom stereocenters. The van der Waals surface area contributed by atoms with E-state index in [2.05, 4.69) is 4.98 Å². The molecule has 2 aromatic carbocycles. The van der Waals surface area contributed by atoms with E-state index in [1.165, 1.54) is 0 Å². The standard InChI is InChI=1S/C24H24N2O4/c1-2-26(16-20-9-6-10-21-23(20)29-14-13-28-21)24(27)19-11-12-25-22(15-19)30-17-18-7-4-3-5-8-18/h3-12,15H,2,13-14,16-17H2,1H3. The van der Waals surface area contributed by atoms with Gasteiger partial charge in [0, 0.05) is 36.5 Å². The van der Waals surface area contributed by atoms with Gasteiger partial charge in [0.2, 0.25) is 5.88 Å². The minimum atomic E-state index is -0.0845. The fourth-order valence-corrected chi connectivity index (χ4v) is 3.33. The molecule has 1 aliphatic heterocycles. The lowest BCUT2D eigenvalue weighted by atomic mass is 10.1. The van der Waals surface area contributed by atoms with Gasteiger partial charge in [-0.1, -0.05) is 42.5 Å². The van der Waals surface area contributed by atoms with Gasteiger partial charge in [-0.25, -0.2) is 4.98 Å². The second kappa shape index (κ2) is 9.31. The lowest BCUT2D eigenvalue weighted by Gasteiger charge is -2.25. The van der Waals surface area contributed by atoms with Crippen LogP contribution in [0.3, 0.4) is 0 Å². The van der Waals surface area contributed by atoms with Crippen molar-refractivity contribution < 1.29 is 19.0 Å². The van der Waals surface area contributed by atoms with Gasteiger partial charge in [0.1, 0.15) is 19.8 Å². The van der Waals surface area contributed by atoms with Gasteiger partial charge in [-0.15, -0.1) is 0 Å². The SMILES string of the molecule is CCN(Cc1cccc2c1OCCO2)C(=O)c1ccnc(OCc2ccccc2)c1. The highest BCUT2D eigenvalue weighted by Gasteiger charge is 2.21. The molecular weight excluding hydrogens is 380 g/mol. The number of fused-ring (bicyclic) bond motifs is 1. The largest absolute Gasteiger partial charge is 0.486 e. The molecule has 154 valence electrons. The molecule has 6 nitrogen and oxygen atoms in total. The normalized spacial score (nSPS) is 12.3. The number of aromatic nitrogens is 1. The van der Waals surface area contributed by atoms with Crippen molar-refractivity contribution in [1.82, 2.24) is 9.88 Å². The molecule has 0 fully saturated rings. The Kier molecular flexibility index (Phi) is 6.13. The Hall–Kier alpha value is -3.54. The van der Waals surface area contributed by atoms with Crippen molar-refractivity contribution in [2.45, 2.75) is 20.1 Å². The summed E-state index contributed by atoms with van der Waals surface area (Å²) in [5.41, 5.74) is 2.51. The van der Waals surface area contributed by atoms with Crippen LogP contribution in [0.15, 0.2) is 66.9 Å². The third kappa shape index (κ3) is 4.54. The number of carbonyl (C=O) groups is 1. The first-order chi connectivity index (χ1) is 14.7. The molecule has 0 aliphatic carbocycles. The van der Waals surface area contributed by atoms with E-state index in [1.807, 2.05) is 55.5 Å². The Morgan fingerprint density at radius 2 is 1.90 bits per heavy atom. The fraction of sp³-hybridized carbons (Fsp3) is 0.250. The smallest absolute Gasteiger partial charge is 0.254 e. The monoisotopic (exact) mass is 404 g/mol. The number of hydrogen-bond acceptors (Lipinski definition) is 5. The Morgan fingerprint density at radius 1 is 1.07 bits per heavy atom. The van der Waals surface area contributed by atoms with Crippen LogP contribution in [0, 0.1) is 0 Å². The van der Waals surface area contributed by atoms with Crippen molar-refractivity contribution in [2.75, 3.05) is 19.8 Å². The third-order valence-corrected chi connectivity index (χ3v) is 4.89. The number of rotatable bonds is 7. The molecule has 0 saturated carbocycles. The zero-order valence-electron chi connectivity index (χ0n) is 16.9. The minimum Gasteiger partial charge on any atom is -0.486 e. The van der Waals surface area contributed by atoms with Crippen LogP contribution in [0.5, 0.6) is 17.4 Å². The van der Waals surface area contributed by atoms with Gasteiger partial charge in [-0.2, -0.15) is 0 Å². The maximum atomic E-state index is 13.1. The van der Waals surface area contributed by atoms with E-state index < -0.39 is 0 Å². The lowest BCUT2D eigenvalue weighted by Crippen LogP contribution is -2.31. The van der Waals surface area contributed by atoms with E-state index >= 15 is 0 Å². The summed E-state index contributed by atoms with van der Waals surface area (Å²) in [4.78, 5) is 19.1. The second-order valence-corrected chi connectivity index (χ2v) is 6.92. The molecule has 0 atom stereocenters. The van der Waals surface area contributed by atoms with Gasteiger partial charge in [0.15, 0.2) is 11.5 Å². The Labute approximate surface area is 176 Å². The highest BCUT2D eigenvalue weighted by molar-refractivity contribution is 5.94. The molecule has 3 aromatic rings. The van der Waals surface area contributed by atoms with Gasteiger partial charge >= 0.3 is 0 Å². The Morgan fingerprint density at radius 3 is 2.73 bits per heavy atom. The molecule has 0 saturated heterocycles. The molecule has 4 rings (SSSR count). The van der Waals surface area contributed by atoms with Crippen LogP contribution in [0.4, 0.5) is 0 Å². The predicted octanol–water partition coefficient (Wildman–Crippen LogP) is 4.09. The van der Waals surface area contributed by atoms with E-state index in [-0.39, 0.29) is 5.91 Å². The Bertz CT molecular complexity index is 1010. The number of benzene rings is 2. The fourth-order valence-electron chi connectivity index (χ4n) is 3.33. The van der Waals surface area contributed by atoms with Crippen LogP contribution in [-0.4, -0.2) is 35.5 Å². The zero-order chi connectivity index (χ0) is 20.8. The minimum absolute atomic E-state index is 0.0845. The Balaban J connectivity index is 1.47. The summed E-state index contributed by atoms with van der Waals surface area (Å²) >= 11 is 0. The van der Waals surface area contributed by atoms with Crippen molar-refractivity contribution in [1.29, 1.82) is 0 Å². The number of pyridine rings is 1. The molecule has 1 amide bonds. The van der Waals surface area contributed by atoms with Crippen molar-refractivity contribution in [3.63, 3.8) is 0 Å². The van der Waals surface area contributed by atoms with Crippen LogP contribution >= 0.6 is 0 Å². The summed E-state index contributed by atoms with van der Waals surface area (Å²) in [6.07, 6.45) is 1.60. The molecule has 0 radical (unpaired) electrons. The molecule has 1 aliphatic rings. The summed E-state index contributed by atoms with van der Waals surface area (Å²) in [7, 11) is 0. The average molecular weight is 404 g/mol. The van der Waals surface area contributed by atoms with Gasteiger partial charge in [0.25, 0.3) is 5.91 Å². The molecule has 30 heavy (non-hydrogen) atoms. The first-order valence-electron chi connectivity index (χ1n) is 10.0. The van der Waals surface area contributed by atoms with Gasteiger partial charge in [-0.3, -0.25) is 4.79 Å². The van der Waals surface area contributed by atoms with Crippen LogP contribution in [0.25, 0.3) is 0 Å². The highest BCUT2D eigenvalue weighted by atomic mass is 16.6. The number of ether oxygens (including phenoxy) is 3. The summed E-state index contributed by atoms with van der Waals surface area (Å²) in [5.74, 6) is 1.78. The first kappa shape index (κ1) is 19.8. The van der Waals surface area contributed by atoms with Gasteiger partial charge < -0.3 is 19.1 Å². The van der Waals surface area contributed by atoms with Crippen LogP contribution in [0.2, 0.25) is 0 Å². The number of para-hydroxylation sites is 1. The summed E-state index contributed by atoms with van der Waals surface area (Å²) in [6, 6.07) is 19.0. The van der Waals surface area contributed by atoms with E-state index in [1.54, 1.807) is 23.2 Å². The summed E-state index contributed by atoms with van der Waals surface area (Å²) < 4.78 is 17.2. The van der Waals surface area contributed by atoms with E-state index in [9.17, 15) is 4.79 Å². The number of amides is 1. The number of nitrogens with zero attached hydrogens (tertiary/aromatic N) is 2. The molecule has 0 bridgehead atoms. The maximum absolute atomic E-state index is 13.1. The van der Waals surface area contributed by atoms with Crippen molar-refractivity contribution >= 4 is 5.91 Å². The van der Waals surface area contributed by atoms with Crippen LogP contribution in [-0.2, 0) is 13.2 Å². The lowest BCUT2D eigenvalue weighted by molar-refractivity contribution is 0.0748. The highest BCUT2D eigenvalue weighted by Crippen LogP contribution is 2.34. The number of carbonyl (C=O) groups excluding carboxylic acids is 1. The van der Waals surface area contributed by atoms with E-state index in [0.29, 0.717) is 44.4 Å². The van der Waals surface area contributed by atoms with Crippen molar-refractivity contribution in [2.24, 2.45) is 0 Å².